The molecule has 8 nitrogen and oxygen atoms in total. The molecule has 2 rings (SSSR count). The number of urea groups is 1. The molecule has 0 bridgehead atoms. The zero-order valence-electron chi connectivity index (χ0n) is 11.0. The molecule has 0 aliphatic heterocycles. The molecule has 21 heavy (non-hydrogen) atoms. The number of benzene rings is 1. The number of carboxylic acids is 1. The van der Waals surface area contributed by atoms with E-state index in [2.05, 4.69) is 20.6 Å². The van der Waals surface area contributed by atoms with Gasteiger partial charge in [-0.2, -0.15) is 0 Å². The summed E-state index contributed by atoms with van der Waals surface area (Å²) < 4.78 is 4.98. The molecule has 8 heteroatoms. The van der Waals surface area contributed by atoms with E-state index < -0.39 is 12.6 Å². The number of aromatic amines is 1. The average molecular weight is 290 g/mol. The molecule has 0 saturated carbocycles. The van der Waals surface area contributed by atoms with E-state index in [1.807, 2.05) is 0 Å². The number of nitrogens with zero attached hydrogens (tertiary/aromatic N) is 1. The van der Waals surface area contributed by atoms with Crippen LogP contribution in [0, 0.1) is 0 Å². The lowest BCUT2D eigenvalue weighted by Gasteiger charge is -2.08. The Bertz CT molecular complexity index is 595. The van der Waals surface area contributed by atoms with Crippen molar-refractivity contribution in [2.45, 2.75) is 6.54 Å². The number of hydrogen-bond donors (Lipinski definition) is 4. The standard InChI is InChI=1S/C13H14N4O4/c18-12(19)8-21-10-3-1-9(2-4-10)17-13(20)16-7-11-14-5-6-15-11/h1-6H,7-8H2,(H,14,15)(H,18,19)(H2,16,17,20). The molecule has 1 heterocycles. The van der Waals surface area contributed by atoms with Gasteiger partial charge in [-0.1, -0.05) is 0 Å². The Morgan fingerprint density at radius 2 is 2.05 bits per heavy atom. The average Bonchev–Trinajstić information content (AvgIpc) is 2.98. The van der Waals surface area contributed by atoms with Crippen LogP contribution in [0.2, 0.25) is 0 Å². The van der Waals surface area contributed by atoms with Crippen molar-refractivity contribution < 1.29 is 19.4 Å². The molecule has 1 aromatic carbocycles. The molecule has 0 aliphatic carbocycles. The maximum atomic E-state index is 11.6. The van der Waals surface area contributed by atoms with E-state index >= 15 is 0 Å². The number of carboxylic acid groups (broad SMARTS) is 1. The van der Waals surface area contributed by atoms with Crippen molar-refractivity contribution in [3.63, 3.8) is 0 Å². The fourth-order valence-electron chi connectivity index (χ4n) is 1.51. The molecule has 110 valence electrons. The van der Waals surface area contributed by atoms with E-state index in [0.29, 0.717) is 23.8 Å². The molecule has 1 aromatic heterocycles. The fourth-order valence-corrected chi connectivity index (χ4v) is 1.51. The van der Waals surface area contributed by atoms with Crippen LogP contribution >= 0.6 is 0 Å². The van der Waals surface area contributed by atoms with Gasteiger partial charge in [-0.3, -0.25) is 0 Å². The maximum absolute atomic E-state index is 11.6. The van der Waals surface area contributed by atoms with Gasteiger partial charge in [0.2, 0.25) is 0 Å². The Labute approximate surface area is 120 Å². The number of nitrogens with one attached hydrogen (secondary N) is 3. The Balaban J connectivity index is 1.79. The minimum atomic E-state index is -1.05. The summed E-state index contributed by atoms with van der Waals surface area (Å²) in [5, 5.41) is 13.8. The first-order valence-corrected chi connectivity index (χ1v) is 6.11. The minimum absolute atomic E-state index is 0.290. The zero-order valence-corrected chi connectivity index (χ0v) is 11.0. The topological polar surface area (TPSA) is 116 Å². The quantitative estimate of drug-likeness (QED) is 0.637. The van der Waals surface area contributed by atoms with Gasteiger partial charge in [0.25, 0.3) is 0 Å². The van der Waals surface area contributed by atoms with Gasteiger partial charge in [-0.05, 0) is 24.3 Å². The summed E-state index contributed by atoms with van der Waals surface area (Å²) >= 11 is 0. The fraction of sp³-hybridized carbons (Fsp3) is 0.154. The monoisotopic (exact) mass is 290 g/mol. The first-order valence-electron chi connectivity index (χ1n) is 6.11. The van der Waals surface area contributed by atoms with Crippen molar-refractivity contribution in [2.24, 2.45) is 0 Å². The van der Waals surface area contributed by atoms with Gasteiger partial charge in [0.05, 0.1) is 6.54 Å². The molecule has 2 aromatic rings. The van der Waals surface area contributed by atoms with Crippen LogP contribution in [0.3, 0.4) is 0 Å². The Morgan fingerprint density at radius 3 is 2.67 bits per heavy atom. The Kier molecular flexibility index (Phi) is 4.75. The van der Waals surface area contributed by atoms with Crippen LogP contribution in [0.15, 0.2) is 36.7 Å². The van der Waals surface area contributed by atoms with Crippen molar-refractivity contribution in [2.75, 3.05) is 11.9 Å². The second kappa shape index (κ2) is 6.94. The zero-order chi connectivity index (χ0) is 15.1. The third kappa shape index (κ3) is 4.86. The van der Waals surface area contributed by atoms with Crippen molar-refractivity contribution in [1.82, 2.24) is 15.3 Å². The number of H-pyrrole nitrogens is 1. The molecule has 0 aliphatic rings. The predicted molar refractivity (Wildman–Crippen MR) is 74.0 cm³/mol. The van der Waals surface area contributed by atoms with Crippen molar-refractivity contribution in [3.8, 4) is 5.75 Å². The van der Waals surface area contributed by atoms with Gasteiger partial charge in [0.15, 0.2) is 6.61 Å². The Hall–Kier alpha value is -3.03. The van der Waals surface area contributed by atoms with E-state index in [0.717, 1.165) is 0 Å². The molecule has 0 fully saturated rings. The molecule has 0 atom stereocenters. The van der Waals surface area contributed by atoms with Crippen LogP contribution < -0.4 is 15.4 Å². The highest BCUT2D eigenvalue weighted by Crippen LogP contribution is 2.15. The SMILES string of the molecule is O=C(O)COc1ccc(NC(=O)NCc2ncc[nH]2)cc1. The molecule has 4 N–H and O–H groups in total. The highest BCUT2D eigenvalue weighted by molar-refractivity contribution is 5.89. The number of ether oxygens (including phenoxy) is 1. The van der Waals surface area contributed by atoms with Crippen LogP contribution in [0.1, 0.15) is 5.82 Å². The van der Waals surface area contributed by atoms with E-state index in [1.54, 1.807) is 36.7 Å². The largest absolute Gasteiger partial charge is 0.482 e. The van der Waals surface area contributed by atoms with E-state index in [4.69, 9.17) is 9.84 Å². The van der Waals surface area contributed by atoms with Crippen molar-refractivity contribution >= 4 is 17.7 Å². The van der Waals surface area contributed by atoms with Gasteiger partial charge >= 0.3 is 12.0 Å². The second-order valence-electron chi connectivity index (χ2n) is 4.05. The van der Waals surface area contributed by atoms with Gasteiger partial charge in [0, 0.05) is 18.1 Å². The molecule has 0 spiro atoms. The highest BCUT2D eigenvalue weighted by atomic mass is 16.5. The lowest BCUT2D eigenvalue weighted by atomic mass is 10.3. The first-order chi connectivity index (χ1) is 10.1. The third-order valence-electron chi connectivity index (χ3n) is 2.45. The summed E-state index contributed by atoms with van der Waals surface area (Å²) in [5.74, 6) is 0.0241. The van der Waals surface area contributed by atoms with Crippen LogP contribution in [-0.4, -0.2) is 33.7 Å². The lowest BCUT2D eigenvalue weighted by molar-refractivity contribution is -0.139. The van der Waals surface area contributed by atoms with Crippen LogP contribution in [0.5, 0.6) is 5.75 Å². The van der Waals surface area contributed by atoms with Gasteiger partial charge in [-0.25, -0.2) is 14.6 Å². The van der Waals surface area contributed by atoms with Crippen LogP contribution in [-0.2, 0) is 11.3 Å². The second-order valence-corrected chi connectivity index (χ2v) is 4.05. The van der Waals surface area contributed by atoms with Crippen LogP contribution in [0.25, 0.3) is 0 Å². The van der Waals surface area contributed by atoms with Crippen LogP contribution in [0.4, 0.5) is 10.5 Å². The summed E-state index contributed by atoms with van der Waals surface area (Å²) in [6.07, 6.45) is 3.27. The number of rotatable bonds is 6. The van der Waals surface area contributed by atoms with Gasteiger partial charge in [0.1, 0.15) is 11.6 Å². The molecular weight excluding hydrogens is 276 g/mol. The summed E-state index contributed by atoms with van der Waals surface area (Å²) in [6.45, 7) is -0.116. The normalized spacial score (nSPS) is 9.90. The van der Waals surface area contributed by atoms with Crippen molar-refractivity contribution in [1.29, 1.82) is 0 Å². The number of imidazole rings is 1. The number of carbonyl (C=O) groups excluding carboxylic acids is 1. The van der Waals surface area contributed by atoms with Crippen molar-refractivity contribution in [3.05, 3.63) is 42.5 Å². The number of aromatic nitrogens is 2. The highest BCUT2D eigenvalue weighted by Gasteiger charge is 2.04. The molecule has 0 saturated heterocycles. The summed E-state index contributed by atoms with van der Waals surface area (Å²) in [6, 6.07) is 6.01. The maximum Gasteiger partial charge on any atom is 0.341 e. The van der Waals surface area contributed by atoms with E-state index in [1.165, 1.54) is 0 Å². The smallest absolute Gasteiger partial charge is 0.341 e. The molecule has 0 radical (unpaired) electrons. The van der Waals surface area contributed by atoms with E-state index in [-0.39, 0.29) is 6.03 Å². The summed E-state index contributed by atoms with van der Waals surface area (Å²) in [7, 11) is 0. The molecule has 0 unspecified atom stereocenters. The number of hydrogen-bond acceptors (Lipinski definition) is 4. The minimum Gasteiger partial charge on any atom is -0.482 e. The van der Waals surface area contributed by atoms with Gasteiger partial charge in [-0.15, -0.1) is 0 Å². The van der Waals surface area contributed by atoms with E-state index in [9.17, 15) is 9.59 Å². The number of anilines is 1. The predicted octanol–water partition coefficient (Wildman–Crippen LogP) is 1.19. The third-order valence-corrected chi connectivity index (χ3v) is 2.45. The molecular formula is C13H14N4O4. The summed E-state index contributed by atoms with van der Waals surface area (Å²) in [4.78, 5) is 28.8. The Morgan fingerprint density at radius 1 is 1.29 bits per heavy atom. The number of amides is 2. The number of aliphatic carboxylic acids is 1. The summed E-state index contributed by atoms with van der Waals surface area (Å²) in [5.41, 5.74) is 0.564. The molecule has 2 amide bonds. The lowest BCUT2D eigenvalue weighted by Crippen LogP contribution is -2.28. The van der Waals surface area contributed by atoms with Gasteiger partial charge < -0.3 is 25.5 Å². The number of carbonyl (C=O) groups is 2. The first kappa shape index (κ1) is 14.4.